The molecule has 0 unspecified atom stereocenters. The first-order valence-electron chi connectivity index (χ1n) is 18.2. The topological polar surface area (TPSA) is 0 Å². The summed E-state index contributed by atoms with van der Waals surface area (Å²) < 4.78 is 65.7. The van der Waals surface area contributed by atoms with Crippen LogP contribution in [0.25, 0.3) is 87.2 Å². The highest BCUT2D eigenvalue weighted by Crippen LogP contribution is 2.47. The number of benzene rings is 9. The van der Waals surface area contributed by atoms with Gasteiger partial charge in [-0.2, -0.15) is 0 Å². The second kappa shape index (κ2) is 9.93. The lowest BCUT2D eigenvalue weighted by atomic mass is 9.82. The second-order valence-electron chi connectivity index (χ2n) is 11.1. The van der Waals surface area contributed by atoms with Crippen LogP contribution in [0.4, 0.5) is 0 Å². The molecule has 0 saturated carbocycles. The Morgan fingerprint density at radius 1 is 0.341 bits per heavy atom. The van der Waals surface area contributed by atoms with E-state index in [0.717, 1.165) is 32.3 Å². The van der Waals surface area contributed by atoms with Crippen LogP contribution in [0.15, 0.2) is 170 Å². The van der Waals surface area contributed by atoms with Crippen LogP contribution in [0.1, 0.15) is 9.60 Å². The van der Waals surface area contributed by atoms with Gasteiger partial charge in [0.25, 0.3) is 0 Å². The molecular formula is C44H28. The second-order valence-corrected chi connectivity index (χ2v) is 11.1. The zero-order chi connectivity index (χ0) is 35.1. The third kappa shape index (κ3) is 3.85. The lowest BCUT2D eigenvalue weighted by Gasteiger charge is -2.20. The Bertz CT molecular complexity index is 2930. The predicted molar refractivity (Wildman–Crippen MR) is 190 cm³/mol. The lowest BCUT2D eigenvalue weighted by molar-refractivity contribution is 1.64. The maximum Gasteiger partial charge on any atom is 0.0636 e. The third-order valence-electron chi connectivity index (χ3n) is 8.64. The molecule has 0 nitrogen and oxygen atoms in total. The molecule has 0 heterocycles. The van der Waals surface area contributed by atoms with Crippen molar-refractivity contribution in [1.82, 2.24) is 0 Å². The molecule has 0 aromatic heterocycles. The summed E-state index contributed by atoms with van der Waals surface area (Å²) in [5, 5.41) is 6.92. The summed E-state index contributed by atoms with van der Waals surface area (Å²) in [6.45, 7) is 0. The average molecular weight is 564 g/mol. The van der Waals surface area contributed by atoms with Crippen molar-refractivity contribution in [3.8, 4) is 33.4 Å². The SMILES string of the molecule is [2H]c1c([2H])c([2H])c2c(-c3cc4ccccc4c4ccccc34)c3c([2H])c(-c4ccccc4)c([2H])c([2H])c3c(-c3ccc4ccccc4c3)c2c1[2H]. The van der Waals surface area contributed by atoms with Crippen molar-refractivity contribution in [3.63, 3.8) is 0 Å². The fourth-order valence-corrected chi connectivity index (χ4v) is 6.63. The monoisotopic (exact) mass is 563 g/mol. The van der Waals surface area contributed by atoms with Crippen LogP contribution in [0, 0.1) is 0 Å². The summed E-state index contributed by atoms with van der Waals surface area (Å²) in [5.41, 5.74) is 3.12. The summed E-state index contributed by atoms with van der Waals surface area (Å²) >= 11 is 0. The molecule has 204 valence electrons. The molecule has 9 rings (SSSR count). The smallest absolute Gasteiger partial charge is 0.0622 e. The molecule has 0 aliphatic heterocycles. The van der Waals surface area contributed by atoms with Crippen molar-refractivity contribution >= 4 is 53.9 Å². The summed E-state index contributed by atoms with van der Waals surface area (Å²) in [5.74, 6) is 0. The molecule has 0 bridgehead atoms. The highest BCUT2D eigenvalue weighted by molar-refractivity contribution is 6.26. The van der Waals surface area contributed by atoms with Gasteiger partial charge in [-0.05, 0) is 105 Å². The third-order valence-corrected chi connectivity index (χ3v) is 8.64. The summed E-state index contributed by atoms with van der Waals surface area (Å²) in [6.07, 6.45) is 0. The molecule has 44 heavy (non-hydrogen) atoms. The fraction of sp³-hybridized carbons (Fsp3) is 0. The molecule has 0 heteroatoms. The van der Waals surface area contributed by atoms with Gasteiger partial charge >= 0.3 is 0 Å². The van der Waals surface area contributed by atoms with Crippen molar-refractivity contribution in [2.75, 3.05) is 0 Å². The lowest BCUT2D eigenvalue weighted by Crippen LogP contribution is -1.93. The van der Waals surface area contributed by atoms with Gasteiger partial charge in [-0.3, -0.25) is 0 Å². The molecule has 9 aromatic carbocycles. The highest BCUT2D eigenvalue weighted by Gasteiger charge is 2.20. The van der Waals surface area contributed by atoms with Crippen molar-refractivity contribution in [3.05, 3.63) is 170 Å². The first-order chi connectivity index (χ1) is 24.8. The maximum atomic E-state index is 9.97. The van der Waals surface area contributed by atoms with E-state index in [1.54, 1.807) is 0 Å². The Kier molecular flexibility index (Phi) is 4.23. The number of hydrogen-bond acceptors (Lipinski definition) is 0. The highest BCUT2D eigenvalue weighted by atomic mass is 14.2. The standard InChI is InChI=1S/C44H28/c1-2-12-29(13-3-1)32-24-25-40-42(27-32)44(41-28-33-16-6-7-17-35(33)36-18-8-9-19-37(36)41)39-21-11-10-20-38(39)43(40)34-23-22-30-14-4-5-15-31(30)26-34/h1-28H/i10D,11D,20D,21D,24D,25D,27D. The largest absolute Gasteiger partial charge is 0.0636 e. The molecule has 0 aliphatic carbocycles. The van der Waals surface area contributed by atoms with Crippen LogP contribution in [0.5, 0.6) is 0 Å². The normalized spacial score (nSPS) is 13.9. The van der Waals surface area contributed by atoms with Gasteiger partial charge in [-0.25, -0.2) is 0 Å². The quantitative estimate of drug-likeness (QED) is 0.148. The Hall–Kier alpha value is -5.72. The van der Waals surface area contributed by atoms with Gasteiger partial charge in [0.1, 0.15) is 0 Å². The van der Waals surface area contributed by atoms with Crippen LogP contribution >= 0.6 is 0 Å². The van der Waals surface area contributed by atoms with Crippen molar-refractivity contribution in [2.24, 2.45) is 0 Å². The molecule has 0 atom stereocenters. The van der Waals surface area contributed by atoms with Crippen LogP contribution in [-0.4, -0.2) is 0 Å². The van der Waals surface area contributed by atoms with Crippen LogP contribution in [0.3, 0.4) is 0 Å². The van der Waals surface area contributed by atoms with E-state index in [0.29, 0.717) is 44.2 Å². The molecule has 0 spiro atoms. The van der Waals surface area contributed by atoms with E-state index < -0.39 is 0 Å². The minimum Gasteiger partial charge on any atom is -0.0622 e. The van der Waals surface area contributed by atoms with Gasteiger partial charge in [0.2, 0.25) is 0 Å². The van der Waals surface area contributed by atoms with Crippen LogP contribution < -0.4 is 0 Å². The number of fused-ring (bicyclic) bond motifs is 6. The maximum absolute atomic E-state index is 9.97. The predicted octanol–water partition coefficient (Wildman–Crippen LogP) is 12.5. The summed E-state index contributed by atoms with van der Waals surface area (Å²) in [4.78, 5) is 0. The number of rotatable bonds is 3. The molecule has 0 N–H and O–H groups in total. The molecule has 0 amide bonds. The van der Waals surface area contributed by atoms with Gasteiger partial charge in [0.15, 0.2) is 0 Å². The van der Waals surface area contributed by atoms with Crippen molar-refractivity contribution in [2.45, 2.75) is 0 Å². The summed E-state index contributed by atoms with van der Waals surface area (Å²) in [7, 11) is 0. The average Bonchev–Trinajstić information content (AvgIpc) is 3.17. The van der Waals surface area contributed by atoms with Gasteiger partial charge in [0.05, 0.1) is 9.60 Å². The number of hydrogen-bond donors (Lipinski definition) is 0. The Morgan fingerprint density at radius 2 is 0.977 bits per heavy atom. The van der Waals surface area contributed by atoms with Gasteiger partial charge in [-0.15, -0.1) is 0 Å². The molecule has 0 fully saturated rings. The first-order valence-corrected chi connectivity index (χ1v) is 14.7. The molecule has 0 radical (unpaired) electrons. The molecule has 9 aromatic rings. The van der Waals surface area contributed by atoms with Crippen molar-refractivity contribution < 1.29 is 9.60 Å². The Morgan fingerprint density at radius 3 is 1.80 bits per heavy atom. The Labute approximate surface area is 266 Å². The van der Waals surface area contributed by atoms with Crippen molar-refractivity contribution in [1.29, 1.82) is 0 Å². The first kappa shape index (κ1) is 18.7. The van der Waals surface area contributed by atoms with E-state index >= 15 is 0 Å². The molecular weight excluding hydrogens is 528 g/mol. The fourth-order valence-electron chi connectivity index (χ4n) is 6.63. The van der Waals surface area contributed by atoms with E-state index in [1.165, 1.54) is 0 Å². The minimum absolute atomic E-state index is 0.0285. The van der Waals surface area contributed by atoms with E-state index in [-0.39, 0.29) is 53.1 Å². The summed E-state index contributed by atoms with van der Waals surface area (Å²) in [6, 6.07) is 39.6. The van der Waals surface area contributed by atoms with E-state index in [4.69, 9.17) is 2.74 Å². The van der Waals surface area contributed by atoms with Crippen LogP contribution in [0.2, 0.25) is 0 Å². The van der Waals surface area contributed by atoms with E-state index in [1.807, 2.05) is 121 Å². The molecule has 0 saturated heterocycles. The Balaban J connectivity index is 1.62. The van der Waals surface area contributed by atoms with Gasteiger partial charge in [-0.1, -0.05) is 152 Å². The van der Waals surface area contributed by atoms with Gasteiger partial charge < -0.3 is 0 Å². The van der Waals surface area contributed by atoms with E-state index in [9.17, 15) is 6.85 Å². The molecule has 0 aliphatic rings. The zero-order valence-corrected chi connectivity index (χ0v) is 23.6. The van der Waals surface area contributed by atoms with E-state index in [2.05, 4.69) is 6.07 Å². The minimum atomic E-state index is -0.382. The van der Waals surface area contributed by atoms with Gasteiger partial charge in [0, 0.05) is 0 Å². The zero-order valence-electron chi connectivity index (χ0n) is 30.6. The van der Waals surface area contributed by atoms with Crippen LogP contribution in [-0.2, 0) is 0 Å².